The number of hydrogen-bond acceptors (Lipinski definition) is 0. The van der Waals surface area contributed by atoms with Gasteiger partial charge in [-0.1, -0.05) is 42.0 Å². The molecule has 0 aliphatic rings. The molecular formula is C25H23FN+. The average Bonchev–Trinajstić information content (AvgIpc) is 2.65. The Balaban J connectivity index is 2.07. The molecule has 0 atom stereocenters. The van der Waals surface area contributed by atoms with Crippen molar-refractivity contribution in [2.24, 2.45) is 7.05 Å². The van der Waals surface area contributed by atoms with Gasteiger partial charge in [0.2, 0.25) is 5.69 Å². The van der Waals surface area contributed by atoms with Gasteiger partial charge in [0.1, 0.15) is 12.9 Å². The van der Waals surface area contributed by atoms with E-state index in [0.29, 0.717) is 0 Å². The molecule has 0 bridgehead atoms. The SMILES string of the molecule is Cc1cc(C)c(C)c(-c2c3ccccc3c(-c3ccc(F)cc3)c[n+]2C)c1. The fourth-order valence-electron chi connectivity index (χ4n) is 3.92. The van der Waals surface area contributed by atoms with Crippen LogP contribution in [0.25, 0.3) is 33.2 Å². The third-order valence-corrected chi connectivity index (χ3v) is 5.37. The van der Waals surface area contributed by atoms with Crippen LogP contribution in [-0.2, 0) is 7.05 Å². The van der Waals surface area contributed by atoms with Crippen LogP contribution >= 0.6 is 0 Å². The number of aromatic nitrogens is 1. The monoisotopic (exact) mass is 356 g/mol. The van der Waals surface area contributed by atoms with Crippen molar-refractivity contribution in [1.29, 1.82) is 0 Å². The van der Waals surface area contributed by atoms with Crippen molar-refractivity contribution in [3.05, 3.63) is 89.4 Å². The van der Waals surface area contributed by atoms with E-state index in [4.69, 9.17) is 0 Å². The normalized spacial score (nSPS) is 11.1. The van der Waals surface area contributed by atoms with E-state index in [0.717, 1.165) is 11.1 Å². The Morgan fingerprint density at radius 2 is 1.44 bits per heavy atom. The lowest BCUT2D eigenvalue weighted by atomic mass is 9.92. The van der Waals surface area contributed by atoms with Crippen LogP contribution in [0.1, 0.15) is 16.7 Å². The van der Waals surface area contributed by atoms with Gasteiger partial charge in [0.25, 0.3) is 0 Å². The van der Waals surface area contributed by atoms with Crippen LogP contribution in [0, 0.1) is 26.6 Å². The number of hydrogen-bond donors (Lipinski definition) is 0. The van der Waals surface area contributed by atoms with Crippen LogP contribution in [0.4, 0.5) is 4.39 Å². The van der Waals surface area contributed by atoms with Crippen molar-refractivity contribution >= 4 is 10.8 Å². The minimum absolute atomic E-state index is 0.213. The number of fused-ring (bicyclic) bond motifs is 1. The van der Waals surface area contributed by atoms with Gasteiger partial charge in [0.15, 0.2) is 6.20 Å². The molecule has 4 aromatic rings. The smallest absolute Gasteiger partial charge is 0.207 e. The number of halogens is 1. The van der Waals surface area contributed by atoms with E-state index in [1.807, 2.05) is 12.1 Å². The predicted octanol–water partition coefficient (Wildman–Crippen LogP) is 6.06. The second kappa shape index (κ2) is 6.62. The summed E-state index contributed by atoms with van der Waals surface area (Å²) in [4.78, 5) is 0. The summed E-state index contributed by atoms with van der Waals surface area (Å²) in [7, 11) is 2.09. The second-order valence-electron chi connectivity index (χ2n) is 7.31. The molecule has 0 aliphatic carbocycles. The summed E-state index contributed by atoms with van der Waals surface area (Å²) in [5, 5.41) is 2.38. The molecule has 1 heterocycles. The minimum atomic E-state index is -0.213. The number of aryl methyl sites for hydroxylation is 3. The Morgan fingerprint density at radius 1 is 0.778 bits per heavy atom. The molecule has 2 heteroatoms. The van der Waals surface area contributed by atoms with Crippen LogP contribution in [0.5, 0.6) is 0 Å². The molecule has 0 saturated heterocycles. The van der Waals surface area contributed by atoms with E-state index >= 15 is 0 Å². The zero-order valence-corrected chi connectivity index (χ0v) is 16.2. The maximum Gasteiger partial charge on any atom is 0.220 e. The Hall–Kier alpha value is -3.00. The van der Waals surface area contributed by atoms with Gasteiger partial charge < -0.3 is 0 Å². The molecule has 0 saturated carbocycles. The Morgan fingerprint density at radius 3 is 2.15 bits per heavy atom. The highest BCUT2D eigenvalue weighted by Crippen LogP contribution is 2.35. The first kappa shape index (κ1) is 17.4. The molecule has 0 aliphatic heterocycles. The summed E-state index contributed by atoms with van der Waals surface area (Å²) in [6, 6.07) is 19.7. The van der Waals surface area contributed by atoms with Crippen molar-refractivity contribution in [2.75, 3.05) is 0 Å². The summed E-state index contributed by atoms with van der Waals surface area (Å²) in [5.74, 6) is -0.213. The zero-order chi connectivity index (χ0) is 19.1. The van der Waals surface area contributed by atoms with E-state index in [9.17, 15) is 4.39 Å². The molecule has 0 fully saturated rings. The molecular weight excluding hydrogens is 333 g/mol. The van der Waals surface area contributed by atoms with Crippen LogP contribution in [0.3, 0.4) is 0 Å². The molecule has 1 nitrogen and oxygen atoms in total. The van der Waals surface area contributed by atoms with E-state index < -0.39 is 0 Å². The molecule has 27 heavy (non-hydrogen) atoms. The van der Waals surface area contributed by atoms with Crippen LogP contribution in [-0.4, -0.2) is 0 Å². The van der Waals surface area contributed by atoms with Gasteiger partial charge >= 0.3 is 0 Å². The van der Waals surface area contributed by atoms with E-state index in [1.165, 1.54) is 50.9 Å². The summed E-state index contributed by atoms with van der Waals surface area (Å²) in [5.41, 5.74) is 8.47. The van der Waals surface area contributed by atoms with Crippen molar-refractivity contribution in [3.8, 4) is 22.4 Å². The van der Waals surface area contributed by atoms with Crippen molar-refractivity contribution < 1.29 is 8.96 Å². The first-order valence-electron chi connectivity index (χ1n) is 9.21. The zero-order valence-electron chi connectivity index (χ0n) is 16.2. The first-order valence-corrected chi connectivity index (χ1v) is 9.21. The van der Waals surface area contributed by atoms with Gasteiger partial charge in [-0.3, -0.25) is 0 Å². The lowest BCUT2D eigenvalue weighted by Gasteiger charge is -2.13. The van der Waals surface area contributed by atoms with Gasteiger partial charge in [-0.15, -0.1) is 0 Å². The van der Waals surface area contributed by atoms with E-state index in [-0.39, 0.29) is 5.82 Å². The molecule has 0 N–H and O–H groups in total. The number of benzene rings is 3. The summed E-state index contributed by atoms with van der Waals surface area (Å²) in [6.45, 7) is 6.50. The standard InChI is InChI=1S/C25H23FN/c1-16-13-17(2)18(3)23(14-16)25-22-8-6-5-7-21(22)24(15-27(25)4)19-9-11-20(26)12-10-19/h5-15H,1-4H3/q+1. The Labute approximate surface area is 159 Å². The van der Waals surface area contributed by atoms with E-state index in [2.05, 4.69) is 75.0 Å². The Kier molecular flexibility index (Phi) is 4.27. The largest absolute Gasteiger partial charge is 0.220 e. The highest BCUT2D eigenvalue weighted by molar-refractivity contribution is 6.02. The predicted molar refractivity (Wildman–Crippen MR) is 110 cm³/mol. The first-order chi connectivity index (χ1) is 13.0. The molecule has 0 amide bonds. The topological polar surface area (TPSA) is 3.88 Å². The van der Waals surface area contributed by atoms with Gasteiger partial charge in [-0.25, -0.2) is 4.39 Å². The molecule has 1 aromatic heterocycles. The van der Waals surface area contributed by atoms with Crippen LogP contribution in [0.15, 0.2) is 66.9 Å². The van der Waals surface area contributed by atoms with Crippen molar-refractivity contribution in [2.45, 2.75) is 20.8 Å². The minimum Gasteiger partial charge on any atom is -0.207 e. The third kappa shape index (κ3) is 3.02. The number of nitrogens with zero attached hydrogens (tertiary/aromatic N) is 1. The lowest BCUT2D eigenvalue weighted by molar-refractivity contribution is -0.658. The molecule has 0 unspecified atom stereocenters. The summed E-state index contributed by atoms with van der Waals surface area (Å²) in [6.07, 6.45) is 2.15. The van der Waals surface area contributed by atoms with Gasteiger partial charge in [0.05, 0.1) is 16.5 Å². The second-order valence-corrected chi connectivity index (χ2v) is 7.31. The lowest BCUT2D eigenvalue weighted by Crippen LogP contribution is -2.31. The van der Waals surface area contributed by atoms with Crippen LogP contribution in [0.2, 0.25) is 0 Å². The highest BCUT2D eigenvalue weighted by atomic mass is 19.1. The van der Waals surface area contributed by atoms with Gasteiger partial charge in [-0.2, -0.15) is 4.57 Å². The quantitative estimate of drug-likeness (QED) is 0.384. The van der Waals surface area contributed by atoms with E-state index in [1.54, 1.807) is 0 Å². The Bertz CT molecular complexity index is 1160. The third-order valence-electron chi connectivity index (χ3n) is 5.37. The molecule has 134 valence electrons. The summed E-state index contributed by atoms with van der Waals surface area (Å²) >= 11 is 0. The van der Waals surface area contributed by atoms with Gasteiger partial charge in [-0.05, 0) is 61.7 Å². The average molecular weight is 356 g/mol. The molecule has 0 spiro atoms. The summed E-state index contributed by atoms with van der Waals surface area (Å²) < 4.78 is 15.6. The maximum absolute atomic E-state index is 13.4. The molecule has 4 rings (SSSR count). The fraction of sp³-hybridized carbons (Fsp3) is 0.160. The number of rotatable bonds is 2. The fourth-order valence-corrected chi connectivity index (χ4v) is 3.92. The maximum atomic E-state index is 13.4. The molecule has 3 aromatic carbocycles. The van der Waals surface area contributed by atoms with Crippen molar-refractivity contribution in [1.82, 2.24) is 0 Å². The van der Waals surface area contributed by atoms with Gasteiger partial charge in [0, 0.05) is 5.39 Å². The molecule has 0 radical (unpaired) electrons. The van der Waals surface area contributed by atoms with Crippen molar-refractivity contribution in [3.63, 3.8) is 0 Å². The number of pyridine rings is 1. The van der Waals surface area contributed by atoms with Crippen LogP contribution < -0.4 is 4.57 Å². The highest BCUT2D eigenvalue weighted by Gasteiger charge is 2.21.